The summed E-state index contributed by atoms with van der Waals surface area (Å²) in [6.45, 7) is -0.115. The van der Waals surface area contributed by atoms with Crippen molar-refractivity contribution in [3.63, 3.8) is 0 Å². The number of carbonyl (C=O) groups is 2. The lowest BCUT2D eigenvalue weighted by Crippen LogP contribution is -2.29. The molecule has 0 radical (unpaired) electrons. The highest BCUT2D eigenvalue weighted by molar-refractivity contribution is 9.10. The van der Waals surface area contributed by atoms with Gasteiger partial charge in [-0.1, -0.05) is 22.0 Å². The minimum atomic E-state index is -0.535. The van der Waals surface area contributed by atoms with Crippen molar-refractivity contribution in [1.82, 2.24) is 4.90 Å². The summed E-state index contributed by atoms with van der Waals surface area (Å²) >= 11 is 3.26. The number of amides is 2. The maximum atomic E-state index is 13.8. The van der Waals surface area contributed by atoms with Gasteiger partial charge in [-0.25, -0.2) is 4.39 Å². The van der Waals surface area contributed by atoms with Gasteiger partial charge in [0.1, 0.15) is 5.82 Å². The van der Waals surface area contributed by atoms with E-state index in [2.05, 4.69) is 15.9 Å². The van der Waals surface area contributed by atoms with E-state index in [1.54, 1.807) is 18.2 Å². The Morgan fingerprint density at radius 3 is 2.48 bits per heavy atom. The van der Waals surface area contributed by atoms with E-state index in [1.165, 1.54) is 18.2 Å². The smallest absolute Gasteiger partial charge is 0.261 e. The highest BCUT2D eigenvalue weighted by Gasteiger charge is 2.35. The summed E-state index contributed by atoms with van der Waals surface area (Å²) in [5.74, 6) is -1.38. The molecule has 2 aromatic rings. The number of halogens is 2. The molecule has 0 bridgehead atoms. The number of anilines is 1. The van der Waals surface area contributed by atoms with Crippen LogP contribution in [0, 0.1) is 5.82 Å². The standard InChI is InChI=1S/C15H10BrFN2O2/c16-9-2-4-11-12(5-9)15(21)19(14(11)20)7-8-1-3-10(18)6-13(8)17/h1-6H,7,18H2. The minimum Gasteiger partial charge on any atom is -0.399 e. The Labute approximate surface area is 128 Å². The van der Waals surface area contributed by atoms with Gasteiger partial charge < -0.3 is 5.73 Å². The summed E-state index contributed by atoms with van der Waals surface area (Å²) in [6, 6.07) is 9.05. The quantitative estimate of drug-likeness (QED) is 0.670. The third-order valence-electron chi connectivity index (χ3n) is 3.34. The van der Waals surface area contributed by atoms with Crippen LogP contribution in [0.2, 0.25) is 0 Å². The Balaban J connectivity index is 1.95. The van der Waals surface area contributed by atoms with Gasteiger partial charge in [-0.15, -0.1) is 0 Å². The third kappa shape index (κ3) is 2.31. The fraction of sp³-hybridized carbons (Fsp3) is 0.0667. The Hall–Kier alpha value is -2.21. The molecule has 2 amide bonds. The van der Waals surface area contributed by atoms with E-state index in [1.807, 2.05) is 0 Å². The lowest BCUT2D eigenvalue weighted by molar-refractivity contribution is 0.0641. The zero-order chi connectivity index (χ0) is 15.1. The topological polar surface area (TPSA) is 63.4 Å². The molecule has 1 aliphatic heterocycles. The van der Waals surface area contributed by atoms with Crippen LogP contribution in [0.25, 0.3) is 0 Å². The predicted octanol–water partition coefficient (Wildman–Crippen LogP) is 2.97. The molecule has 6 heteroatoms. The molecule has 0 aliphatic carbocycles. The predicted molar refractivity (Wildman–Crippen MR) is 79.2 cm³/mol. The molecule has 0 saturated carbocycles. The van der Waals surface area contributed by atoms with E-state index in [4.69, 9.17) is 5.73 Å². The van der Waals surface area contributed by atoms with Gasteiger partial charge >= 0.3 is 0 Å². The summed E-state index contributed by atoms with van der Waals surface area (Å²) in [4.78, 5) is 25.6. The minimum absolute atomic E-state index is 0.115. The molecule has 21 heavy (non-hydrogen) atoms. The first-order valence-electron chi connectivity index (χ1n) is 6.17. The number of benzene rings is 2. The number of hydrogen-bond acceptors (Lipinski definition) is 3. The maximum absolute atomic E-state index is 13.8. The largest absolute Gasteiger partial charge is 0.399 e. The van der Waals surface area contributed by atoms with Gasteiger partial charge in [0.15, 0.2) is 0 Å². The van der Waals surface area contributed by atoms with Crippen LogP contribution in [0.15, 0.2) is 40.9 Å². The van der Waals surface area contributed by atoms with Crippen molar-refractivity contribution >= 4 is 33.4 Å². The second kappa shape index (κ2) is 4.96. The van der Waals surface area contributed by atoms with E-state index in [0.29, 0.717) is 21.3 Å². The molecule has 0 spiro atoms. The van der Waals surface area contributed by atoms with E-state index < -0.39 is 17.6 Å². The average Bonchev–Trinajstić information content (AvgIpc) is 2.66. The fourth-order valence-electron chi connectivity index (χ4n) is 2.27. The Kier molecular flexibility index (Phi) is 3.25. The third-order valence-corrected chi connectivity index (χ3v) is 3.83. The highest BCUT2D eigenvalue weighted by atomic mass is 79.9. The van der Waals surface area contributed by atoms with Crippen LogP contribution in [-0.4, -0.2) is 16.7 Å². The van der Waals surface area contributed by atoms with Gasteiger partial charge in [-0.3, -0.25) is 14.5 Å². The van der Waals surface area contributed by atoms with Gasteiger partial charge in [0.05, 0.1) is 17.7 Å². The molecule has 106 valence electrons. The van der Waals surface area contributed by atoms with Crippen molar-refractivity contribution in [2.75, 3.05) is 5.73 Å². The number of fused-ring (bicyclic) bond motifs is 1. The molecule has 2 N–H and O–H groups in total. The van der Waals surface area contributed by atoms with E-state index >= 15 is 0 Å². The normalized spacial score (nSPS) is 13.7. The SMILES string of the molecule is Nc1ccc(CN2C(=O)c3ccc(Br)cc3C2=O)c(F)c1. The molecule has 0 aromatic heterocycles. The molecule has 0 atom stereocenters. The second-order valence-corrected chi connectivity index (χ2v) is 5.65. The van der Waals surface area contributed by atoms with Crippen molar-refractivity contribution in [2.45, 2.75) is 6.54 Å². The van der Waals surface area contributed by atoms with Crippen molar-refractivity contribution in [1.29, 1.82) is 0 Å². The summed E-state index contributed by atoms with van der Waals surface area (Å²) in [5, 5.41) is 0. The van der Waals surface area contributed by atoms with E-state index in [9.17, 15) is 14.0 Å². The first kappa shape index (κ1) is 13.8. The van der Waals surface area contributed by atoms with Gasteiger partial charge in [0.2, 0.25) is 0 Å². The van der Waals surface area contributed by atoms with E-state index in [-0.39, 0.29) is 12.1 Å². The van der Waals surface area contributed by atoms with Crippen molar-refractivity contribution in [3.05, 3.63) is 63.4 Å². The van der Waals surface area contributed by atoms with Crippen molar-refractivity contribution < 1.29 is 14.0 Å². The molecule has 1 aliphatic rings. The molecule has 0 saturated heterocycles. The zero-order valence-electron chi connectivity index (χ0n) is 10.8. The van der Waals surface area contributed by atoms with Crippen LogP contribution in [0.5, 0.6) is 0 Å². The maximum Gasteiger partial charge on any atom is 0.261 e. The zero-order valence-corrected chi connectivity index (χ0v) is 12.4. The van der Waals surface area contributed by atoms with Crippen molar-refractivity contribution in [2.24, 2.45) is 0 Å². The number of hydrogen-bond donors (Lipinski definition) is 1. The first-order chi connectivity index (χ1) is 9.97. The van der Waals surface area contributed by atoms with Crippen LogP contribution in [0.3, 0.4) is 0 Å². The summed E-state index contributed by atoms with van der Waals surface area (Å²) in [5.41, 5.74) is 6.68. The number of nitrogens with two attached hydrogens (primary N) is 1. The molecule has 3 rings (SSSR count). The lowest BCUT2D eigenvalue weighted by Gasteiger charge is -2.14. The van der Waals surface area contributed by atoms with Gasteiger partial charge in [0.25, 0.3) is 11.8 Å². The molecule has 2 aromatic carbocycles. The molecule has 0 fully saturated rings. The van der Waals surface area contributed by atoms with Crippen LogP contribution < -0.4 is 5.73 Å². The number of nitrogen functional groups attached to an aromatic ring is 1. The summed E-state index contributed by atoms with van der Waals surface area (Å²) in [6.07, 6.45) is 0. The van der Waals surface area contributed by atoms with Crippen LogP contribution in [0.4, 0.5) is 10.1 Å². The Bertz CT molecular complexity index is 776. The van der Waals surface area contributed by atoms with E-state index in [0.717, 1.165) is 4.90 Å². The molecular weight excluding hydrogens is 339 g/mol. The van der Waals surface area contributed by atoms with Crippen LogP contribution >= 0.6 is 15.9 Å². The number of carbonyl (C=O) groups excluding carboxylic acids is 2. The van der Waals surface area contributed by atoms with Gasteiger partial charge in [-0.05, 0) is 30.3 Å². The van der Waals surface area contributed by atoms with Crippen LogP contribution in [0.1, 0.15) is 26.3 Å². The highest BCUT2D eigenvalue weighted by Crippen LogP contribution is 2.27. The molecule has 1 heterocycles. The molecule has 0 unspecified atom stereocenters. The first-order valence-corrected chi connectivity index (χ1v) is 6.96. The average molecular weight is 349 g/mol. The summed E-state index contributed by atoms with van der Waals surface area (Å²) in [7, 11) is 0. The second-order valence-electron chi connectivity index (χ2n) is 4.74. The summed E-state index contributed by atoms with van der Waals surface area (Å²) < 4.78 is 14.5. The molecule has 4 nitrogen and oxygen atoms in total. The monoisotopic (exact) mass is 348 g/mol. The Morgan fingerprint density at radius 1 is 1.05 bits per heavy atom. The lowest BCUT2D eigenvalue weighted by atomic mass is 10.1. The fourth-order valence-corrected chi connectivity index (χ4v) is 2.63. The molecular formula is C15H10BrFN2O2. The number of nitrogens with zero attached hydrogens (tertiary/aromatic N) is 1. The van der Waals surface area contributed by atoms with Gasteiger partial charge in [0, 0.05) is 15.7 Å². The van der Waals surface area contributed by atoms with Crippen molar-refractivity contribution in [3.8, 4) is 0 Å². The number of rotatable bonds is 2. The number of imide groups is 1. The van der Waals surface area contributed by atoms with Crippen LogP contribution in [-0.2, 0) is 6.54 Å². The van der Waals surface area contributed by atoms with Gasteiger partial charge in [-0.2, -0.15) is 0 Å². The Morgan fingerprint density at radius 2 is 1.76 bits per heavy atom.